The molecule has 2 aromatic rings. The number of anilines is 1. The van der Waals surface area contributed by atoms with Gasteiger partial charge in [-0.25, -0.2) is 4.98 Å². The normalized spacial score (nSPS) is 25.5. The second-order valence-corrected chi connectivity index (χ2v) is 11.0. The summed E-state index contributed by atoms with van der Waals surface area (Å²) in [5.74, 6) is 6.54. The number of halogens is 3. The fourth-order valence-corrected chi connectivity index (χ4v) is 6.04. The summed E-state index contributed by atoms with van der Waals surface area (Å²) in [6, 6.07) is 8.14. The number of β-amino-alcohol motifs (C(OH)–C–C–N with tert-alkyl or cyclic N) is 1. The highest BCUT2D eigenvalue weighted by atomic mass is 19.4. The number of carbonyl (C=O) groups excluding carboxylic acids is 2. The molecule has 3 atom stereocenters. The van der Waals surface area contributed by atoms with Crippen LogP contribution in [0.5, 0.6) is 0 Å². The van der Waals surface area contributed by atoms with Gasteiger partial charge in [-0.1, -0.05) is 0 Å². The summed E-state index contributed by atoms with van der Waals surface area (Å²) in [6.45, 7) is 1.99. The lowest BCUT2D eigenvalue weighted by molar-refractivity contribution is -0.750. The number of aliphatic hydroxyl groups excluding tert-OH is 1. The number of allylic oxidation sites excluding steroid dienone is 1. The second-order valence-electron chi connectivity index (χ2n) is 11.0. The fourth-order valence-electron chi connectivity index (χ4n) is 6.04. The van der Waals surface area contributed by atoms with Gasteiger partial charge in [-0.3, -0.25) is 19.5 Å². The first-order chi connectivity index (χ1) is 20.6. The Morgan fingerprint density at radius 1 is 1.16 bits per heavy atom. The van der Waals surface area contributed by atoms with Crippen LogP contribution in [-0.2, 0) is 11.0 Å². The molecule has 14 heteroatoms. The number of benzene rings is 1. The molecule has 2 fully saturated rings. The van der Waals surface area contributed by atoms with E-state index in [0.29, 0.717) is 30.2 Å². The maximum Gasteiger partial charge on any atom is 0.416 e. The molecule has 1 aromatic carbocycles. The number of nitrogens with two attached hydrogens (primary N) is 1. The lowest BCUT2D eigenvalue weighted by Crippen LogP contribution is -2.59. The third-order valence-electron chi connectivity index (χ3n) is 8.21. The van der Waals surface area contributed by atoms with E-state index >= 15 is 0 Å². The van der Waals surface area contributed by atoms with Gasteiger partial charge in [0, 0.05) is 43.4 Å². The smallest absolute Gasteiger partial charge is 0.395 e. The number of pyridine rings is 1. The first-order valence-corrected chi connectivity index (χ1v) is 13.9. The molecule has 1 aromatic heterocycles. The van der Waals surface area contributed by atoms with Crippen molar-refractivity contribution >= 4 is 29.7 Å². The molecule has 0 aliphatic carbocycles. The monoisotopic (exact) mass is 595 g/mol. The van der Waals surface area contributed by atoms with Gasteiger partial charge >= 0.3 is 6.18 Å². The zero-order valence-electron chi connectivity index (χ0n) is 23.0. The molecule has 2 amide bonds. The molecule has 6 rings (SSSR count). The number of fused-ring (bicyclic) bond motifs is 2. The van der Waals surface area contributed by atoms with Crippen LogP contribution in [0.3, 0.4) is 0 Å². The lowest BCUT2D eigenvalue weighted by atomic mass is 9.88. The van der Waals surface area contributed by atoms with E-state index < -0.39 is 17.6 Å². The Labute approximate surface area is 245 Å². The van der Waals surface area contributed by atoms with E-state index in [4.69, 9.17) is 10.8 Å². The highest BCUT2D eigenvalue weighted by Crippen LogP contribution is 2.39. The number of hydrogen-bond donors (Lipinski definition) is 3. The maximum absolute atomic E-state index is 13.0. The molecule has 5 heterocycles. The summed E-state index contributed by atoms with van der Waals surface area (Å²) in [7, 11) is 0. The molecule has 4 N–H and O–H groups in total. The number of quaternary nitrogens is 1. The summed E-state index contributed by atoms with van der Waals surface area (Å²) in [5, 5.41) is 11.7. The van der Waals surface area contributed by atoms with Crippen LogP contribution in [0.1, 0.15) is 34.3 Å². The molecular weight excluding hydrogens is 565 g/mol. The molecule has 0 spiro atoms. The SMILES string of the molecule is N[N+]12C=CN=CC1=C([C@@H]1CC[C@H]3CN(CCO)CC(=O)N3C1)N=C2c1ccc(C(=O)Nc2cc(C(F)(F)F)ccn2)cc1. The number of amidine groups is 1. The number of aliphatic hydroxyl groups is 1. The number of piperidine rings is 1. The molecule has 4 aliphatic rings. The topological polar surface area (TPSA) is 137 Å². The molecule has 43 heavy (non-hydrogen) atoms. The van der Waals surface area contributed by atoms with Crippen molar-refractivity contribution in [3.05, 3.63) is 83.1 Å². The van der Waals surface area contributed by atoms with Crippen LogP contribution in [0.4, 0.5) is 19.0 Å². The molecule has 224 valence electrons. The average molecular weight is 596 g/mol. The maximum atomic E-state index is 13.0. The van der Waals surface area contributed by atoms with Crippen molar-refractivity contribution in [3.8, 4) is 0 Å². The summed E-state index contributed by atoms with van der Waals surface area (Å²) >= 11 is 0. The molecule has 11 nitrogen and oxygen atoms in total. The molecule has 4 aliphatic heterocycles. The quantitative estimate of drug-likeness (QED) is 0.347. The summed E-state index contributed by atoms with van der Waals surface area (Å²) in [5.41, 5.74) is 1.40. The Balaban J connectivity index is 1.21. The van der Waals surface area contributed by atoms with Crippen LogP contribution in [0.2, 0.25) is 0 Å². The van der Waals surface area contributed by atoms with Gasteiger partial charge in [-0.15, -0.1) is 4.59 Å². The van der Waals surface area contributed by atoms with Crippen LogP contribution in [0.25, 0.3) is 0 Å². The van der Waals surface area contributed by atoms with Crippen LogP contribution in [0.15, 0.2) is 76.4 Å². The molecule has 1 unspecified atom stereocenters. The number of rotatable bonds is 6. The van der Waals surface area contributed by atoms with E-state index in [1.165, 1.54) is 0 Å². The van der Waals surface area contributed by atoms with Crippen molar-refractivity contribution in [2.24, 2.45) is 21.7 Å². The van der Waals surface area contributed by atoms with E-state index in [0.717, 1.165) is 43.4 Å². The van der Waals surface area contributed by atoms with Crippen LogP contribution < -0.4 is 11.2 Å². The Bertz CT molecular complexity index is 1570. The third-order valence-corrected chi connectivity index (χ3v) is 8.21. The summed E-state index contributed by atoms with van der Waals surface area (Å²) in [6.07, 6.45) is 3.01. The van der Waals surface area contributed by atoms with Crippen molar-refractivity contribution in [2.75, 3.05) is 38.1 Å². The van der Waals surface area contributed by atoms with Crippen molar-refractivity contribution in [2.45, 2.75) is 25.1 Å². The Hall–Kier alpha value is -4.24. The minimum absolute atomic E-state index is 0.0123. The number of piperazine rings is 1. The van der Waals surface area contributed by atoms with E-state index in [-0.39, 0.29) is 47.0 Å². The largest absolute Gasteiger partial charge is 0.416 e. The van der Waals surface area contributed by atoms with Crippen LogP contribution in [0, 0.1) is 5.92 Å². The number of alkyl halides is 3. The number of nitrogens with one attached hydrogen (secondary N) is 1. The number of hydrogen-bond acceptors (Lipinski definition) is 8. The first-order valence-electron chi connectivity index (χ1n) is 13.9. The van der Waals surface area contributed by atoms with Crippen molar-refractivity contribution in [3.63, 3.8) is 0 Å². The number of aliphatic imine (C=N–C) groups is 2. The van der Waals surface area contributed by atoms with Gasteiger partial charge in [-0.2, -0.15) is 24.0 Å². The predicted octanol–water partition coefficient (Wildman–Crippen LogP) is 2.49. The standard InChI is InChI=1S/C29H29F3N8O3/c30-29(31,32)21-7-8-35-24(13-21)36-28(43)19-3-1-18(2-4-19)27-37-26(23-14-34-9-11-40(23,27)33)20-5-6-22-16-38(10-12-41)17-25(42)39(22)15-20/h1-4,7-9,11,13-14,20,22,41H,5-6,10,12,15-17,33H2/p+1/t20-,22+,40?/m1/s1. The van der Waals surface area contributed by atoms with Gasteiger partial charge in [0.15, 0.2) is 0 Å². The van der Waals surface area contributed by atoms with Crippen molar-refractivity contribution < 1.29 is 32.5 Å². The minimum atomic E-state index is -4.56. The zero-order chi connectivity index (χ0) is 30.4. The first kappa shape index (κ1) is 28.9. The van der Waals surface area contributed by atoms with Gasteiger partial charge < -0.3 is 15.3 Å². The minimum Gasteiger partial charge on any atom is -0.395 e. The number of nitrogens with zero attached hydrogens (tertiary/aromatic N) is 6. The Kier molecular flexibility index (Phi) is 7.46. The van der Waals surface area contributed by atoms with Gasteiger partial charge in [0.25, 0.3) is 11.7 Å². The van der Waals surface area contributed by atoms with Gasteiger partial charge in [0.1, 0.15) is 17.7 Å². The highest BCUT2D eigenvalue weighted by Gasteiger charge is 2.48. The van der Waals surface area contributed by atoms with E-state index in [1.807, 2.05) is 9.80 Å². The average Bonchev–Trinajstić information content (AvgIpc) is 3.30. The third kappa shape index (κ3) is 5.49. The van der Waals surface area contributed by atoms with Gasteiger partial charge in [0.2, 0.25) is 11.6 Å². The van der Waals surface area contributed by atoms with Crippen molar-refractivity contribution in [1.82, 2.24) is 14.8 Å². The molecule has 0 bridgehead atoms. The summed E-state index contributed by atoms with van der Waals surface area (Å²) in [4.78, 5) is 42.7. The van der Waals surface area contributed by atoms with Crippen LogP contribution in [-0.4, -0.2) is 87.2 Å². The highest BCUT2D eigenvalue weighted by molar-refractivity contribution is 6.05. The lowest BCUT2D eigenvalue weighted by Gasteiger charge is -2.45. The Morgan fingerprint density at radius 3 is 2.70 bits per heavy atom. The summed E-state index contributed by atoms with van der Waals surface area (Å²) < 4.78 is 38.9. The number of amides is 2. The van der Waals surface area contributed by atoms with Gasteiger partial charge in [0.05, 0.1) is 36.7 Å². The van der Waals surface area contributed by atoms with E-state index in [9.17, 15) is 27.9 Å². The molecule has 0 radical (unpaired) electrons. The van der Waals surface area contributed by atoms with Crippen molar-refractivity contribution in [1.29, 1.82) is 0 Å². The van der Waals surface area contributed by atoms with E-state index in [1.54, 1.807) is 42.9 Å². The molecule has 2 saturated heterocycles. The molecular formula is C29H30F3N8O3+. The Morgan fingerprint density at radius 2 is 1.95 bits per heavy atom. The van der Waals surface area contributed by atoms with E-state index in [2.05, 4.69) is 15.3 Å². The number of carbonyl (C=O) groups is 2. The fraction of sp³-hybridized carbons (Fsp3) is 0.345. The predicted molar refractivity (Wildman–Crippen MR) is 151 cm³/mol. The van der Waals surface area contributed by atoms with Crippen LogP contribution >= 0.6 is 0 Å². The van der Waals surface area contributed by atoms with Gasteiger partial charge in [-0.05, 0) is 49.2 Å². The second kappa shape index (κ2) is 11.1. The molecule has 0 saturated carbocycles. The zero-order valence-corrected chi connectivity index (χ0v) is 23.0. The number of aromatic nitrogens is 1.